The van der Waals surface area contributed by atoms with Crippen molar-refractivity contribution in [2.24, 2.45) is 5.73 Å². The van der Waals surface area contributed by atoms with Gasteiger partial charge in [-0.3, -0.25) is 9.59 Å². The van der Waals surface area contributed by atoms with Gasteiger partial charge in [0.1, 0.15) is 10.6 Å². The lowest BCUT2D eigenvalue weighted by molar-refractivity contribution is -0.115. The van der Waals surface area contributed by atoms with Gasteiger partial charge in [-0.25, -0.2) is 13.1 Å². The van der Waals surface area contributed by atoms with E-state index in [2.05, 4.69) is 20.3 Å². The van der Waals surface area contributed by atoms with Crippen molar-refractivity contribution in [3.63, 3.8) is 0 Å². The largest absolute Gasteiger partial charge is 0.385 e. The number of anilines is 2. The first-order valence-corrected chi connectivity index (χ1v) is 9.48. The monoisotopic (exact) mass is 377 g/mol. The molecular formula is C16H19N5O4S. The molecule has 9 nitrogen and oxygen atoms in total. The lowest BCUT2D eigenvalue weighted by Crippen LogP contribution is -2.32. The molecule has 1 aliphatic rings. The molecule has 2 aromatic rings. The number of carbonyl (C=O) groups excluding carboxylic acids is 2. The van der Waals surface area contributed by atoms with E-state index in [0.717, 1.165) is 42.9 Å². The highest BCUT2D eigenvalue weighted by molar-refractivity contribution is 7.89. The van der Waals surface area contributed by atoms with Crippen molar-refractivity contribution in [2.75, 3.05) is 23.7 Å². The minimum atomic E-state index is -3.93. The molecule has 2 heterocycles. The number of benzene rings is 1. The first-order valence-electron chi connectivity index (χ1n) is 8.00. The van der Waals surface area contributed by atoms with Gasteiger partial charge in [0.25, 0.3) is 5.91 Å². The first-order chi connectivity index (χ1) is 12.3. The fourth-order valence-electron chi connectivity index (χ4n) is 2.67. The van der Waals surface area contributed by atoms with Crippen LogP contribution in [-0.2, 0) is 21.2 Å². The van der Waals surface area contributed by atoms with Crippen LogP contribution in [0, 0.1) is 0 Å². The number of primary amides is 1. The Morgan fingerprint density at radius 2 is 2.04 bits per heavy atom. The van der Waals surface area contributed by atoms with Crippen molar-refractivity contribution in [2.45, 2.75) is 17.7 Å². The van der Waals surface area contributed by atoms with Crippen LogP contribution in [0.3, 0.4) is 0 Å². The topological polar surface area (TPSA) is 146 Å². The highest BCUT2D eigenvalue weighted by Gasteiger charge is 2.19. The highest BCUT2D eigenvalue weighted by Crippen LogP contribution is 2.25. The molecule has 0 aliphatic carbocycles. The first kappa shape index (κ1) is 18.0. The maximum Gasteiger partial charge on any atom is 0.265 e. The summed E-state index contributed by atoms with van der Waals surface area (Å²) < 4.78 is 26.5. The van der Waals surface area contributed by atoms with E-state index < -0.39 is 28.4 Å². The van der Waals surface area contributed by atoms with Gasteiger partial charge in [-0.1, -0.05) is 0 Å². The summed E-state index contributed by atoms with van der Waals surface area (Å²) in [6, 6.07) is 6.63. The molecule has 0 unspecified atom stereocenters. The number of hydrogen-bond acceptors (Lipinski definition) is 5. The van der Waals surface area contributed by atoms with Gasteiger partial charge in [0.15, 0.2) is 0 Å². The Bertz CT molecular complexity index is 951. The zero-order valence-corrected chi connectivity index (χ0v) is 14.7. The summed E-state index contributed by atoms with van der Waals surface area (Å²) in [5.74, 6) is -1.27. The minimum Gasteiger partial charge on any atom is -0.385 e. The third kappa shape index (κ3) is 4.03. The fraction of sp³-hybridized carbons (Fsp3) is 0.250. The number of sulfonamides is 1. The molecule has 6 N–H and O–H groups in total. The number of aryl methyl sites for hydroxylation is 1. The molecule has 1 aromatic heterocycles. The molecule has 0 atom stereocenters. The maximum atomic E-state index is 12.1. The van der Waals surface area contributed by atoms with Crippen molar-refractivity contribution >= 4 is 33.2 Å². The molecule has 26 heavy (non-hydrogen) atoms. The number of carbonyl (C=O) groups is 2. The van der Waals surface area contributed by atoms with Gasteiger partial charge in [-0.05, 0) is 42.7 Å². The molecule has 2 amide bonds. The lowest BCUT2D eigenvalue weighted by Gasteiger charge is -2.18. The van der Waals surface area contributed by atoms with E-state index in [-0.39, 0.29) is 10.6 Å². The van der Waals surface area contributed by atoms with Crippen molar-refractivity contribution in [3.8, 4) is 0 Å². The summed E-state index contributed by atoms with van der Waals surface area (Å²) in [6.07, 6.45) is 3.08. The molecule has 0 bridgehead atoms. The number of fused-ring (bicyclic) bond motifs is 1. The van der Waals surface area contributed by atoms with Crippen LogP contribution in [-0.4, -0.2) is 38.3 Å². The summed E-state index contributed by atoms with van der Waals surface area (Å²) in [7, 11) is -3.93. The summed E-state index contributed by atoms with van der Waals surface area (Å²) >= 11 is 0. The van der Waals surface area contributed by atoms with Gasteiger partial charge in [-0.2, -0.15) is 0 Å². The number of hydrogen-bond donors (Lipinski definition) is 5. The molecule has 1 aromatic carbocycles. The molecule has 3 rings (SSSR count). The van der Waals surface area contributed by atoms with E-state index in [0.29, 0.717) is 5.69 Å². The van der Waals surface area contributed by atoms with E-state index in [1.54, 1.807) is 6.07 Å². The molecule has 0 radical (unpaired) electrons. The summed E-state index contributed by atoms with van der Waals surface area (Å²) in [5.41, 5.74) is 7.81. The van der Waals surface area contributed by atoms with Crippen molar-refractivity contribution < 1.29 is 18.0 Å². The van der Waals surface area contributed by atoms with Crippen LogP contribution in [0.5, 0.6) is 0 Å². The number of nitrogens with one attached hydrogen (secondary N) is 4. The van der Waals surface area contributed by atoms with Crippen LogP contribution < -0.4 is 21.1 Å². The van der Waals surface area contributed by atoms with Gasteiger partial charge in [0.2, 0.25) is 15.9 Å². The Labute approximate surface area is 150 Å². The van der Waals surface area contributed by atoms with Crippen LogP contribution in [0.1, 0.15) is 22.5 Å². The predicted molar refractivity (Wildman–Crippen MR) is 96.4 cm³/mol. The number of aromatic amines is 1. The Kier molecular flexibility index (Phi) is 4.96. The SMILES string of the molecule is NC(=O)c1cc(S(=O)(=O)NCC(=O)Nc2ccc3c(c2)CCCN3)c[nH]1. The number of H-pyrrole nitrogens is 1. The Morgan fingerprint density at radius 3 is 2.77 bits per heavy atom. The standard InChI is InChI=1S/C16H19N5O4S/c17-16(23)14-7-12(8-19-14)26(24,25)20-9-15(22)21-11-3-4-13-10(6-11)2-1-5-18-13/h3-4,6-8,18-20H,1-2,5,9H2,(H2,17,23)(H,21,22). The predicted octanol–water partition coefficient (Wildman–Crippen LogP) is 0.389. The average Bonchev–Trinajstić information content (AvgIpc) is 3.11. The third-order valence-electron chi connectivity index (χ3n) is 3.98. The van der Waals surface area contributed by atoms with Crippen LogP contribution >= 0.6 is 0 Å². The van der Waals surface area contributed by atoms with Gasteiger partial charge in [0.05, 0.1) is 6.54 Å². The molecule has 0 saturated carbocycles. The number of rotatable bonds is 6. The van der Waals surface area contributed by atoms with Gasteiger partial charge in [0, 0.05) is 24.1 Å². The second-order valence-electron chi connectivity index (χ2n) is 5.89. The van der Waals surface area contributed by atoms with Crippen molar-refractivity contribution in [1.82, 2.24) is 9.71 Å². The zero-order valence-electron chi connectivity index (χ0n) is 13.8. The summed E-state index contributed by atoms with van der Waals surface area (Å²) in [4.78, 5) is 25.4. The van der Waals surface area contributed by atoms with Gasteiger partial charge in [-0.15, -0.1) is 0 Å². The van der Waals surface area contributed by atoms with E-state index in [4.69, 9.17) is 5.73 Å². The van der Waals surface area contributed by atoms with E-state index in [9.17, 15) is 18.0 Å². The third-order valence-corrected chi connectivity index (χ3v) is 5.36. The molecule has 10 heteroatoms. The van der Waals surface area contributed by atoms with Crippen LogP contribution in [0.4, 0.5) is 11.4 Å². The smallest absolute Gasteiger partial charge is 0.265 e. The second kappa shape index (κ2) is 7.18. The number of amides is 2. The Hall–Kier alpha value is -2.85. The number of nitrogens with two attached hydrogens (primary N) is 1. The minimum absolute atomic E-state index is 0.0301. The molecular weight excluding hydrogens is 358 g/mol. The quantitative estimate of drug-likeness (QED) is 0.494. The maximum absolute atomic E-state index is 12.1. The van der Waals surface area contributed by atoms with Crippen LogP contribution in [0.25, 0.3) is 0 Å². The van der Waals surface area contributed by atoms with E-state index in [1.165, 1.54) is 0 Å². The van der Waals surface area contributed by atoms with E-state index in [1.807, 2.05) is 12.1 Å². The van der Waals surface area contributed by atoms with Crippen LogP contribution in [0.15, 0.2) is 35.4 Å². The highest BCUT2D eigenvalue weighted by atomic mass is 32.2. The molecule has 0 spiro atoms. The Balaban J connectivity index is 1.60. The summed E-state index contributed by atoms with van der Waals surface area (Å²) in [5, 5.41) is 5.94. The van der Waals surface area contributed by atoms with Crippen molar-refractivity contribution in [3.05, 3.63) is 41.7 Å². The van der Waals surface area contributed by atoms with Gasteiger partial charge >= 0.3 is 0 Å². The number of aromatic nitrogens is 1. The average molecular weight is 377 g/mol. The fourth-order valence-corrected chi connectivity index (χ4v) is 3.65. The zero-order chi connectivity index (χ0) is 18.7. The molecule has 0 saturated heterocycles. The van der Waals surface area contributed by atoms with E-state index >= 15 is 0 Å². The Morgan fingerprint density at radius 1 is 1.23 bits per heavy atom. The normalized spacial score (nSPS) is 13.5. The lowest BCUT2D eigenvalue weighted by atomic mass is 10.0. The molecule has 0 fully saturated rings. The van der Waals surface area contributed by atoms with Gasteiger partial charge < -0.3 is 21.4 Å². The van der Waals surface area contributed by atoms with Crippen LogP contribution in [0.2, 0.25) is 0 Å². The second-order valence-corrected chi connectivity index (χ2v) is 7.66. The summed E-state index contributed by atoms with van der Waals surface area (Å²) in [6.45, 7) is 0.492. The molecule has 138 valence electrons. The molecule has 1 aliphatic heterocycles. The van der Waals surface area contributed by atoms with Crippen molar-refractivity contribution in [1.29, 1.82) is 0 Å².